The van der Waals surface area contributed by atoms with Crippen molar-refractivity contribution in [3.05, 3.63) is 17.5 Å². The molecule has 0 aliphatic heterocycles. The minimum absolute atomic E-state index is 0.565. The molecule has 1 aromatic rings. The molecular formula is C7H6F4N2O2. The van der Waals surface area contributed by atoms with Gasteiger partial charge in [0.15, 0.2) is 0 Å². The maximum Gasteiger partial charge on any atom is 0.379 e. The predicted molar refractivity (Wildman–Crippen MR) is 39.7 cm³/mol. The van der Waals surface area contributed by atoms with E-state index in [-0.39, 0.29) is 0 Å². The highest BCUT2D eigenvalue weighted by atomic mass is 19.3. The Morgan fingerprint density at radius 2 is 2.13 bits per heavy atom. The summed E-state index contributed by atoms with van der Waals surface area (Å²) < 4.78 is 51.0. The molecule has 15 heavy (non-hydrogen) atoms. The van der Waals surface area contributed by atoms with Crippen molar-refractivity contribution in [2.75, 3.05) is 0 Å². The number of carboxylic acids is 1. The average Bonchev–Trinajstić information content (AvgIpc) is 2.47. The molecule has 0 radical (unpaired) electrons. The maximum atomic E-state index is 12.9. The van der Waals surface area contributed by atoms with Crippen LogP contribution in [0.4, 0.5) is 17.6 Å². The fourth-order valence-electron chi connectivity index (χ4n) is 1.02. The zero-order chi connectivity index (χ0) is 11.8. The number of carbonyl (C=O) groups is 1. The molecule has 0 aliphatic carbocycles. The second kappa shape index (κ2) is 3.52. The van der Waals surface area contributed by atoms with Crippen molar-refractivity contribution in [3.63, 3.8) is 0 Å². The van der Waals surface area contributed by atoms with Crippen LogP contribution < -0.4 is 0 Å². The topological polar surface area (TPSA) is 55.1 Å². The Balaban J connectivity index is 3.30. The van der Waals surface area contributed by atoms with Gasteiger partial charge in [0.25, 0.3) is 6.43 Å². The summed E-state index contributed by atoms with van der Waals surface area (Å²) >= 11 is 0. The Morgan fingerprint density at radius 1 is 1.60 bits per heavy atom. The number of aliphatic carboxylic acids is 1. The van der Waals surface area contributed by atoms with Crippen molar-refractivity contribution < 1.29 is 27.5 Å². The van der Waals surface area contributed by atoms with E-state index in [4.69, 9.17) is 5.11 Å². The van der Waals surface area contributed by atoms with Crippen molar-refractivity contribution >= 4 is 5.97 Å². The molecule has 8 heteroatoms. The lowest BCUT2D eigenvalue weighted by molar-refractivity contribution is -0.166. The minimum Gasteiger partial charge on any atom is -0.477 e. The van der Waals surface area contributed by atoms with E-state index in [1.54, 1.807) is 0 Å². The Hall–Kier alpha value is -1.60. The van der Waals surface area contributed by atoms with Crippen LogP contribution in [0.15, 0.2) is 6.20 Å². The zero-order valence-electron chi connectivity index (χ0n) is 7.42. The van der Waals surface area contributed by atoms with Gasteiger partial charge in [-0.25, -0.2) is 13.6 Å². The monoisotopic (exact) mass is 226 g/mol. The highest BCUT2D eigenvalue weighted by molar-refractivity contribution is 5.77. The van der Waals surface area contributed by atoms with Gasteiger partial charge in [0.05, 0.1) is 5.56 Å². The lowest BCUT2D eigenvalue weighted by Gasteiger charge is -2.09. The molecule has 0 unspecified atom stereocenters. The van der Waals surface area contributed by atoms with Crippen LogP contribution in [0.5, 0.6) is 0 Å². The number of aromatic nitrogens is 2. The number of hydrogen-bond acceptors (Lipinski definition) is 2. The van der Waals surface area contributed by atoms with E-state index in [2.05, 4.69) is 5.10 Å². The number of carboxylic acid groups (broad SMARTS) is 1. The molecule has 0 spiro atoms. The van der Waals surface area contributed by atoms with Crippen molar-refractivity contribution in [2.45, 2.75) is 12.3 Å². The van der Waals surface area contributed by atoms with E-state index in [1.807, 2.05) is 0 Å². The molecule has 0 saturated heterocycles. The van der Waals surface area contributed by atoms with Crippen molar-refractivity contribution in [1.82, 2.24) is 9.78 Å². The van der Waals surface area contributed by atoms with Crippen LogP contribution in [0, 0.1) is 0 Å². The van der Waals surface area contributed by atoms with E-state index in [0.717, 1.165) is 7.05 Å². The number of nitrogens with zero attached hydrogens (tertiary/aromatic N) is 2. The first-order chi connectivity index (χ1) is 6.76. The molecule has 0 bridgehead atoms. The molecule has 0 aliphatic rings. The molecule has 1 heterocycles. The molecule has 4 nitrogen and oxygen atoms in total. The van der Waals surface area contributed by atoms with E-state index < -0.39 is 29.6 Å². The van der Waals surface area contributed by atoms with Crippen LogP contribution in [0.25, 0.3) is 0 Å². The summed E-state index contributed by atoms with van der Waals surface area (Å²) in [5.74, 6) is -6.85. The van der Waals surface area contributed by atoms with Gasteiger partial charge in [0, 0.05) is 13.2 Å². The first kappa shape index (κ1) is 11.5. The highest BCUT2D eigenvalue weighted by Gasteiger charge is 2.46. The van der Waals surface area contributed by atoms with E-state index in [9.17, 15) is 22.4 Å². The van der Waals surface area contributed by atoms with Crippen LogP contribution in [-0.2, 0) is 17.8 Å². The summed E-state index contributed by atoms with van der Waals surface area (Å²) in [6, 6.07) is 0. The fourth-order valence-corrected chi connectivity index (χ4v) is 1.02. The summed E-state index contributed by atoms with van der Waals surface area (Å²) in [4.78, 5) is 10.2. The SMILES string of the molecule is Cn1cc(C(F)(F)C(=O)O)c(C(F)F)n1. The van der Waals surface area contributed by atoms with Gasteiger partial charge in [-0.1, -0.05) is 0 Å². The third-order valence-corrected chi connectivity index (χ3v) is 1.67. The van der Waals surface area contributed by atoms with Gasteiger partial charge in [-0.3, -0.25) is 4.68 Å². The quantitative estimate of drug-likeness (QED) is 0.795. The summed E-state index contributed by atoms with van der Waals surface area (Å²) in [7, 11) is 1.15. The van der Waals surface area contributed by atoms with Crippen LogP contribution in [0.1, 0.15) is 17.7 Å². The number of aryl methyl sites for hydroxylation is 1. The zero-order valence-corrected chi connectivity index (χ0v) is 7.42. The maximum absolute atomic E-state index is 12.9. The summed E-state index contributed by atoms with van der Waals surface area (Å²) in [5, 5.41) is 11.3. The first-order valence-corrected chi connectivity index (χ1v) is 3.70. The molecule has 1 N–H and O–H groups in total. The average molecular weight is 226 g/mol. The van der Waals surface area contributed by atoms with Crippen LogP contribution in [-0.4, -0.2) is 20.9 Å². The van der Waals surface area contributed by atoms with Gasteiger partial charge in [-0.05, 0) is 0 Å². The normalized spacial score (nSPS) is 12.1. The Morgan fingerprint density at radius 3 is 2.53 bits per heavy atom. The molecule has 0 amide bonds. The lowest BCUT2D eigenvalue weighted by atomic mass is 10.1. The van der Waals surface area contributed by atoms with Crippen molar-refractivity contribution in [3.8, 4) is 0 Å². The van der Waals surface area contributed by atoms with Crippen LogP contribution in [0.3, 0.4) is 0 Å². The van der Waals surface area contributed by atoms with Crippen LogP contribution in [0.2, 0.25) is 0 Å². The van der Waals surface area contributed by atoms with Crippen molar-refractivity contribution in [1.29, 1.82) is 0 Å². The van der Waals surface area contributed by atoms with Crippen molar-refractivity contribution in [2.24, 2.45) is 7.05 Å². The smallest absolute Gasteiger partial charge is 0.379 e. The predicted octanol–water partition coefficient (Wildman–Crippen LogP) is 1.53. The molecule has 0 saturated carbocycles. The Bertz CT molecular complexity index is 388. The van der Waals surface area contributed by atoms with E-state index >= 15 is 0 Å². The lowest BCUT2D eigenvalue weighted by Crippen LogP contribution is -2.26. The van der Waals surface area contributed by atoms with Gasteiger partial charge in [0.1, 0.15) is 5.69 Å². The summed E-state index contributed by atoms with van der Waals surface area (Å²) in [6.45, 7) is 0. The number of hydrogen-bond donors (Lipinski definition) is 1. The number of rotatable bonds is 3. The first-order valence-electron chi connectivity index (χ1n) is 3.70. The Kier molecular flexibility index (Phi) is 2.69. The summed E-state index contributed by atoms with van der Waals surface area (Å²) in [6.07, 6.45) is -2.68. The molecule has 1 rings (SSSR count). The van der Waals surface area contributed by atoms with Gasteiger partial charge in [-0.2, -0.15) is 13.9 Å². The third-order valence-electron chi connectivity index (χ3n) is 1.67. The van der Waals surface area contributed by atoms with E-state index in [0.29, 0.717) is 10.9 Å². The fraction of sp³-hybridized carbons (Fsp3) is 0.429. The number of alkyl halides is 4. The molecule has 0 aromatic carbocycles. The minimum atomic E-state index is -4.36. The van der Waals surface area contributed by atoms with Gasteiger partial charge < -0.3 is 5.11 Å². The molecular weight excluding hydrogens is 220 g/mol. The standard InChI is InChI=1S/C7H6F4N2O2/c1-13-2-3(4(12-13)5(8)9)7(10,11)6(14)15/h2,5H,1H3,(H,14,15). The molecule has 1 aromatic heterocycles. The van der Waals surface area contributed by atoms with E-state index in [1.165, 1.54) is 0 Å². The number of halogens is 4. The largest absolute Gasteiger partial charge is 0.477 e. The summed E-state index contributed by atoms with van der Waals surface area (Å²) in [5.41, 5.74) is -2.50. The second-order valence-electron chi connectivity index (χ2n) is 2.78. The second-order valence-corrected chi connectivity index (χ2v) is 2.78. The molecule has 84 valence electrons. The van der Waals surface area contributed by atoms with Crippen LogP contribution >= 0.6 is 0 Å². The Labute approximate surface area is 81.1 Å². The molecule has 0 fully saturated rings. The van der Waals surface area contributed by atoms with Gasteiger partial charge in [-0.15, -0.1) is 0 Å². The molecule has 0 atom stereocenters. The highest BCUT2D eigenvalue weighted by Crippen LogP contribution is 2.34. The third kappa shape index (κ3) is 1.92. The van der Waals surface area contributed by atoms with Gasteiger partial charge >= 0.3 is 11.9 Å². The van der Waals surface area contributed by atoms with Gasteiger partial charge in [0.2, 0.25) is 0 Å².